The van der Waals surface area contributed by atoms with Gasteiger partial charge in [-0.1, -0.05) is 30.3 Å². The van der Waals surface area contributed by atoms with E-state index in [1.54, 1.807) is 0 Å². The zero-order valence-electron chi connectivity index (χ0n) is 11.9. The largest absolute Gasteiger partial charge is 0.344 e. The SMILES string of the molecule is CC12OC3C(=O)C4CC3C1C4C(=O)N2Cc1ccccc1. The number of carbonyl (C=O) groups excluding carboxylic acids is 2. The van der Waals surface area contributed by atoms with Gasteiger partial charge >= 0.3 is 0 Å². The lowest BCUT2D eigenvalue weighted by atomic mass is 9.78. The number of ketones is 1. The number of Topliss-reactive ketones (excluding diaryl/α,β-unsaturated/α-hetero) is 1. The molecule has 4 heteroatoms. The molecule has 1 amide bonds. The Balaban J connectivity index is 1.56. The van der Waals surface area contributed by atoms with Crippen LogP contribution in [-0.4, -0.2) is 28.4 Å². The highest BCUT2D eigenvalue weighted by Gasteiger charge is 2.77. The van der Waals surface area contributed by atoms with Gasteiger partial charge < -0.3 is 9.64 Å². The summed E-state index contributed by atoms with van der Waals surface area (Å²) in [4.78, 5) is 27.0. The summed E-state index contributed by atoms with van der Waals surface area (Å²) in [5, 5.41) is 0. The van der Waals surface area contributed by atoms with Crippen LogP contribution in [0.15, 0.2) is 30.3 Å². The van der Waals surface area contributed by atoms with Crippen LogP contribution in [0.4, 0.5) is 0 Å². The number of benzene rings is 1. The molecule has 2 bridgehead atoms. The van der Waals surface area contributed by atoms with E-state index >= 15 is 0 Å². The van der Waals surface area contributed by atoms with Gasteiger partial charge in [-0.2, -0.15) is 0 Å². The molecule has 5 rings (SSSR count). The summed E-state index contributed by atoms with van der Waals surface area (Å²) in [5.41, 5.74) is 0.521. The third-order valence-corrected chi connectivity index (χ3v) is 6.10. The molecule has 108 valence electrons. The van der Waals surface area contributed by atoms with Gasteiger partial charge in [0.25, 0.3) is 0 Å². The molecule has 2 heterocycles. The molecule has 0 radical (unpaired) electrons. The molecule has 1 aromatic carbocycles. The van der Waals surface area contributed by atoms with Crippen molar-refractivity contribution >= 4 is 11.7 Å². The highest BCUT2D eigenvalue weighted by atomic mass is 16.5. The van der Waals surface area contributed by atoms with Crippen molar-refractivity contribution in [2.24, 2.45) is 23.7 Å². The van der Waals surface area contributed by atoms with Crippen LogP contribution < -0.4 is 0 Å². The number of nitrogens with zero attached hydrogens (tertiary/aromatic N) is 1. The van der Waals surface area contributed by atoms with E-state index in [-0.39, 0.29) is 41.5 Å². The lowest BCUT2D eigenvalue weighted by molar-refractivity contribution is -0.168. The van der Waals surface area contributed by atoms with Crippen molar-refractivity contribution in [2.45, 2.75) is 31.7 Å². The smallest absolute Gasteiger partial charge is 0.229 e. The van der Waals surface area contributed by atoms with Crippen molar-refractivity contribution < 1.29 is 14.3 Å². The van der Waals surface area contributed by atoms with Gasteiger partial charge in [0.15, 0.2) is 5.78 Å². The topological polar surface area (TPSA) is 46.6 Å². The number of carbonyl (C=O) groups is 2. The summed E-state index contributed by atoms with van der Waals surface area (Å²) in [6.45, 7) is 2.58. The number of fused-ring (bicyclic) bond motifs is 2. The Morgan fingerprint density at radius 1 is 1.29 bits per heavy atom. The van der Waals surface area contributed by atoms with Crippen molar-refractivity contribution in [3.63, 3.8) is 0 Å². The molecule has 2 aliphatic heterocycles. The van der Waals surface area contributed by atoms with Crippen LogP contribution >= 0.6 is 0 Å². The van der Waals surface area contributed by atoms with Crippen LogP contribution in [0.5, 0.6) is 0 Å². The Kier molecular flexibility index (Phi) is 2.02. The number of hydrogen-bond donors (Lipinski definition) is 0. The van der Waals surface area contributed by atoms with Crippen LogP contribution in [-0.2, 0) is 20.9 Å². The summed E-state index contributed by atoms with van der Waals surface area (Å²) in [5.74, 6) is 0.557. The maximum atomic E-state index is 12.9. The maximum Gasteiger partial charge on any atom is 0.229 e. The first-order valence-electron chi connectivity index (χ1n) is 7.68. The van der Waals surface area contributed by atoms with E-state index in [4.69, 9.17) is 4.74 Å². The predicted octanol–water partition coefficient (Wildman–Crippen LogP) is 1.59. The van der Waals surface area contributed by atoms with E-state index in [1.807, 2.05) is 42.2 Å². The molecule has 6 unspecified atom stereocenters. The second-order valence-electron chi connectivity index (χ2n) is 6.96. The number of rotatable bonds is 2. The first-order chi connectivity index (χ1) is 10.1. The fraction of sp³-hybridized carbons (Fsp3) is 0.529. The molecule has 1 aromatic rings. The van der Waals surface area contributed by atoms with E-state index in [0.717, 1.165) is 12.0 Å². The number of likely N-dealkylation sites (tertiary alicyclic amines) is 1. The minimum absolute atomic E-state index is 0.0832. The van der Waals surface area contributed by atoms with Crippen LogP contribution in [0.25, 0.3) is 0 Å². The van der Waals surface area contributed by atoms with Gasteiger partial charge in [0, 0.05) is 24.3 Å². The van der Waals surface area contributed by atoms with Gasteiger partial charge in [-0.25, -0.2) is 0 Å². The summed E-state index contributed by atoms with van der Waals surface area (Å²) in [7, 11) is 0. The van der Waals surface area contributed by atoms with Crippen molar-refractivity contribution in [2.75, 3.05) is 0 Å². The summed E-state index contributed by atoms with van der Waals surface area (Å²) < 4.78 is 6.14. The van der Waals surface area contributed by atoms with E-state index in [9.17, 15) is 9.59 Å². The fourth-order valence-corrected chi connectivity index (χ4v) is 5.31. The van der Waals surface area contributed by atoms with Crippen LogP contribution in [0.1, 0.15) is 18.9 Å². The molecule has 4 aliphatic rings. The zero-order valence-corrected chi connectivity index (χ0v) is 11.9. The van der Waals surface area contributed by atoms with Gasteiger partial charge in [0.2, 0.25) is 5.91 Å². The average Bonchev–Trinajstić information content (AvgIpc) is 3.13. The first-order valence-corrected chi connectivity index (χ1v) is 7.68. The van der Waals surface area contributed by atoms with Crippen LogP contribution in [0, 0.1) is 23.7 Å². The third kappa shape index (κ3) is 1.22. The monoisotopic (exact) mass is 283 g/mol. The quantitative estimate of drug-likeness (QED) is 0.828. The normalized spacial score (nSPS) is 46.0. The van der Waals surface area contributed by atoms with Crippen molar-refractivity contribution in [1.29, 1.82) is 0 Å². The fourth-order valence-electron chi connectivity index (χ4n) is 5.31. The second-order valence-corrected chi connectivity index (χ2v) is 6.96. The molecule has 0 N–H and O–H groups in total. The molecule has 0 aromatic heterocycles. The molecule has 2 saturated heterocycles. The second kappa shape index (κ2) is 3.55. The van der Waals surface area contributed by atoms with Gasteiger partial charge in [-0.05, 0) is 18.9 Å². The first kappa shape index (κ1) is 11.9. The Morgan fingerprint density at radius 3 is 2.81 bits per heavy atom. The molecule has 4 nitrogen and oxygen atoms in total. The summed E-state index contributed by atoms with van der Waals surface area (Å²) >= 11 is 0. The molecule has 21 heavy (non-hydrogen) atoms. The molecule has 2 saturated carbocycles. The van der Waals surface area contributed by atoms with Gasteiger partial charge in [-0.3, -0.25) is 9.59 Å². The van der Waals surface area contributed by atoms with Crippen molar-refractivity contribution in [3.8, 4) is 0 Å². The molecule has 6 atom stereocenters. The maximum absolute atomic E-state index is 12.9. The summed E-state index contributed by atoms with van der Waals surface area (Å²) in [6, 6.07) is 10.0. The van der Waals surface area contributed by atoms with Crippen LogP contribution in [0.2, 0.25) is 0 Å². The van der Waals surface area contributed by atoms with Crippen LogP contribution in [0.3, 0.4) is 0 Å². The van der Waals surface area contributed by atoms with Gasteiger partial charge in [0.1, 0.15) is 11.8 Å². The van der Waals surface area contributed by atoms with E-state index in [1.165, 1.54) is 0 Å². The Hall–Kier alpha value is -1.68. The predicted molar refractivity (Wildman–Crippen MR) is 73.9 cm³/mol. The molecule has 4 fully saturated rings. The minimum atomic E-state index is -0.589. The van der Waals surface area contributed by atoms with E-state index in [0.29, 0.717) is 6.54 Å². The summed E-state index contributed by atoms with van der Waals surface area (Å²) in [6.07, 6.45) is 0.604. The highest BCUT2D eigenvalue weighted by molar-refractivity contribution is 5.98. The molecular formula is C17H17NO3. The van der Waals surface area contributed by atoms with Crippen molar-refractivity contribution in [3.05, 3.63) is 35.9 Å². The zero-order chi connectivity index (χ0) is 14.4. The average molecular weight is 283 g/mol. The number of hydrogen-bond acceptors (Lipinski definition) is 3. The Morgan fingerprint density at radius 2 is 2.05 bits per heavy atom. The Bertz CT molecular complexity index is 657. The standard InChI is InChI=1S/C17H17NO3/c1-17-13-11-7-10(14(19)15(11)21-17)12(13)16(20)18(17)8-9-5-3-2-4-6-9/h2-6,10-13,15H,7-8H2,1H3. The lowest BCUT2D eigenvalue weighted by Crippen LogP contribution is -2.47. The van der Waals surface area contributed by atoms with Crippen molar-refractivity contribution in [1.82, 2.24) is 4.90 Å². The number of amides is 1. The Labute approximate surface area is 123 Å². The number of ether oxygens (including phenoxy) is 1. The van der Waals surface area contributed by atoms with Gasteiger partial charge in [-0.15, -0.1) is 0 Å². The third-order valence-electron chi connectivity index (χ3n) is 6.10. The highest BCUT2D eigenvalue weighted by Crippen LogP contribution is 2.66. The van der Waals surface area contributed by atoms with Gasteiger partial charge in [0.05, 0.1) is 5.92 Å². The van der Waals surface area contributed by atoms with E-state index in [2.05, 4.69) is 0 Å². The van der Waals surface area contributed by atoms with E-state index < -0.39 is 5.72 Å². The molecular weight excluding hydrogens is 266 g/mol. The lowest BCUT2D eigenvalue weighted by Gasteiger charge is -2.35. The minimum Gasteiger partial charge on any atom is -0.344 e. The molecule has 2 aliphatic carbocycles. The molecule has 0 spiro atoms.